The maximum atomic E-state index is 12.8. The molecular formula is C54H64O12. The molecule has 0 aliphatic heterocycles. The predicted octanol–water partition coefficient (Wildman–Crippen LogP) is 8.87. The van der Waals surface area contributed by atoms with Crippen molar-refractivity contribution < 1.29 is 57.1 Å². The highest BCUT2D eigenvalue weighted by Gasteiger charge is 2.24. The van der Waals surface area contributed by atoms with E-state index in [2.05, 4.69) is 13.2 Å². The molecule has 66 heavy (non-hydrogen) atoms. The third-order valence-corrected chi connectivity index (χ3v) is 10.6. The zero-order valence-corrected chi connectivity index (χ0v) is 39.8. The van der Waals surface area contributed by atoms with Crippen molar-refractivity contribution in [2.45, 2.75) is 93.9 Å². The normalized spacial score (nSPS) is 12.7. The molecule has 5 rings (SSSR count). The summed E-state index contributed by atoms with van der Waals surface area (Å²) in [5, 5.41) is 0. The molecule has 4 aromatic carbocycles. The minimum atomic E-state index is -0.504. The Labute approximate surface area is 389 Å². The number of carbonyl (C=O) groups is 4. The molecule has 0 saturated carbocycles. The molecule has 0 fully saturated rings. The van der Waals surface area contributed by atoms with Gasteiger partial charge in [0, 0.05) is 12.8 Å². The number of allylic oxidation sites excluding steroid dienone is 2. The van der Waals surface area contributed by atoms with Crippen LogP contribution in [0.1, 0.15) is 94.5 Å². The first-order valence-corrected chi connectivity index (χ1v) is 22.6. The van der Waals surface area contributed by atoms with Crippen LogP contribution < -0.4 is 18.9 Å². The van der Waals surface area contributed by atoms with Crippen LogP contribution in [0.2, 0.25) is 0 Å². The topological polar surface area (TPSA) is 142 Å². The Kier molecular flexibility index (Phi) is 18.4. The van der Waals surface area contributed by atoms with Crippen LogP contribution in [-0.4, -0.2) is 76.7 Å². The molecule has 0 unspecified atom stereocenters. The van der Waals surface area contributed by atoms with Crippen molar-refractivity contribution in [1.82, 2.24) is 0 Å². The zero-order valence-electron chi connectivity index (χ0n) is 39.8. The summed E-state index contributed by atoms with van der Waals surface area (Å²) in [5.74, 6) is 0.0413. The second kappa shape index (κ2) is 24.1. The number of hydrogen-bond donors (Lipinski definition) is 0. The maximum absolute atomic E-state index is 12.8. The van der Waals surface area contributed by atoms with Gasteiger partial charge in [0.2, 0.25) is 0 Å². The van der Waals surface area contributed by atoms with Crippen LogP contribution in [0.4, 0.5) is 0 Å². The molecule has 0 N–H and O–H groups in total. The van der Waals surface area contributed by atoms with Crippen LogP contribution in [-0.2, 0) is 76.7 Å². The monoisotopic (exact) mass is 904 g/mol. The van der Waals surface area contributed by atoms with Crippen molar-refractivity contribution in [1.29, 1.82) is 0 Å². The van der Waals surface area contributed by atoms with Gasteiger partial charge in [0.25, 0.3) is 0 Å². The second-order valence-electron chi connectivity index (χ2n) is 16.6. The highest BCUT2D eigenvalue weighted by molar-refractivity contribution is 5.73. The lowest BCUT2D eigenvalue weighted by molar-refractivity contribution is -0.146. The second-order valence-corrected chi connectivity index (χ2v) is 16.6. The van der Waals surface area contributed by atoms with E-state index in [1.807, 2.05) is 76.2 Å². The maximum Gasteiger partial charge on any atom is 0.344 e. The van der Waals surface area contributed by atoms with Gasteiger partial charge in [-0.25, -0.2) is 19.2 Å². The lowest BCUT2D eigenvalue weighted by Gasteiger charge is -2.23. The first-order valence-electron chi connectivity index (χ1n) is 22.6. The average molecular weight is 905 g/mol. The number of ether oxygens (including phenoxy) is 8. The number of rotatable bonds is 16. The fraction of sp³-hybridized carbons (Fsp3) is 0.407. The van der Waals surface area contributed by atoms with Gasteiger partial charge in [-0.2, -0.15) is 0 Å². The molecule has 0 radical (unpaired) electrons. The fourth-order valence-electron chi connectivity index (χ4n) is 8.45. The standard InChI is InChI=1S/C54H64O12/c1-11-59-47(55)29-63-51-39-15-33(5)16-40-21-37(9)25-45(53(40)65-31-49(57)61-13-3)28-46-26-38(10)22-42(54(46)66-32-50(58)62-14-4)18-34(6)17-41-20-36(8)24-44(27-43(51)23-35(7)19-39)52(41)64-30-48(56)60-12-2/h19-26H,5-6,11-18,27-32H2,1-4,7-10H3. The summed E-state index contributed by atoms with van der Waals surface area (Å²) in [7, 11) is 0. The third-order valence-electron chi connectivity index (χ3n) is 10.6. The summed E-state index contributed by atoms with van der Waals surface area (Å²) in [6.45, 7) is 23.6. The molecule has 0 saturated heterocycles. The number of fused-ring (bicyclic) bond motifs is 8. The SMILES string of the molecule is C=C1Cc2cc(C)cc(c2OCC(=O)OCC)Cc2cc(C)cc(c2OCC(=O)OCC)CC(=C)Cc2cc(C)cc(c2OCC(=O)OCC)Cc2cc(C)cc(c2OCC(=O)OCC)C1. The fourth-order valence-corrected chi connectivity index (χ4v) is 8.45. The van der Waals surface area contributed by atoms with Gasteiger partial charge in [-0.15, -0.1) is 0 Å². The van der Waals surface area contributed by atoms with Crippen LogP contribution in [0.3, 0.4) is 0 Å². The zero-order chi connectivity index (χ0) is 47.9. The lowest BCUT2D eigenvalue weighted by atomic mass is 9.89. The summed E-state index contributed by atoms with van der Waals surface area (Å²) in [6.07, 6.45) is 2.10. The highest BCUT2D eigenvalue weighted by Crippen LogP contribution is 2.39. The third kappa shape index (κ3) is 14.2. The van der Waals surface area contributed by atoms with Crippen LogP contribution in [0.25, 0.3) is 0 Å². The van der Waals surface area contributed by atoms with Gasteiger partial charge in [0.15, 0.2) is 26.4 Å². The molecule has 4 aromatic rings. The van der Waals surface area contributed by atoms with Crippen LogP contribution in [0.5, 0.6) is 23.0 Å². The van der Waals surface area contributed by atoms with E-state index in [-0.39, 0.29) is 52.9 Å². The van der Waals surface area contributed by atoms with E-state index in [0.29, 0.717) is 61.5 Å². The van der Waals surface area contributed by atoms with Crippen molar-refractivity contribution >= 4 is 23.9 Å². The van der Waals surface area contributed by atoms with Gasteiger partial charge in [-0.05, 0) is 126 Å². The molecule has 352 valence electrons. The molecule has 0 amide bonds. The smallest absolute Gasteiger partial charge is 0.344 e. The Hall–Kier alpha value is -6.56. The largest absolute Gasteiger partial charge is 0.481 e. The first kappa shape index (κ1) is 50.4. The molecule has 1 aliphatic carbocycles. The van der Waals surface area contributed by atoms with E-state index in [1.54, 1.807) is 27.7 Å². The molecule has 8 bridgehead atoms. The Morgan fingerprint density at radius 1 is 0.364 bits per heavy atom. The number of aryl methyl sites for hydroxylation is 4. The molecule has 0 spiro atoms. The van der Waals surface area contributed by atoms with Crippen molar-refractivity contribution in [3.8, 4) is 23.0 Å². The number of esters is 4. The van der Waals surface area contributed by atoms with E-state index >= 15 is 0 Å². The molecule has 0 aromatic heterocycles. The average Bonchev–Trinajstić information content (AvgIpc) is 3.22. The van der Waals surface area contributed by atoms with Gasteiger partial charge in [-0.1, -0.05) is 95.1 Å². The van der Waals surface area contributed by atoms with Gasteiger partial charge < -0.3 is 37.9 Å². The summed E-state index contributed by atoms with van der Waals surface area (Å²) >= 11 is 0. The minimum absolute atomic E-state index is 0.205. The van der Waals surface area contributed by atoms with Crippen molar-refractivity contribution in [3.63, 3.8) is 0 Å². The first-order chi connectivity index (χ1) is 31.6. The lowest BCUT2D eigenvalue weighted by Crippen LogP contribution is -2.18. The molecule has 0 atom stereocenters. The summed E-state index contributed by atoms with van der Waals surface area (Å²) in [6, 6.07) is 16.2. The minimum Gasteiger partial charge on any atom is -0.481 e. The molecule has 12 nitrogen and oxygen atoms in total. The van der Waals surface area contributed by atoms with Crippen molar-refractivity contribution in [2.24, 2.45) is 0 Å². The van der Waals surface area contributed by atoms with Gasteiger partial charge in [-0.3, -0.25) is 0 Å². The number of carbonyl (C=O) groups excluding carboxylic acids is 4. The van der Waals surface area contributed by atoms with Crippen LogP contribution in [0.15, 0.2) is 72.8 Å². The van der Waals surface area contributed by atoms with Gasteiger partial charge >= 0.3 is 23.9 Å². The summed E-state index contributed by atoms with van der Waals surface area (Å²) < 4.78 is 46.6. The van der Waals surface area contributed by atoms with E-state index < -0.39 is 23.9 Å². The molecule has 0 heterocycles. The number of hydrogen-bond acceptors (Lipinski definition) is 12. The van der Waals surface area contributed by atoms with Crippen LogP contribution >= 0.6 is 0 Å². The Bertz CT molecular complexity index is 2110. The molecular weight excluding hydrogens is 841 g/mol. The summed E-state index contributed by atoms with van der Waals surface area (Å²) in [4.78, 5) is 51.2. The van der Waals surface area contributed by atoms with Crippen LogP contribution in [0, 0.1) is 27.7 Å². The van der Waals surface area contributed by atoms with Gasteiger partial charge in [0.05, 0.1) is 26.4 Å². The Morgan fingerprint density at radius 3 is 0.727 bits per heavy atom. The predicted molar refractivity (Wildman–Crippen MR) is 252 cm³/mol. The van der Waals surface area contributed by atoms with Gasteiger partial charge in [0.1, 0.15) is 23.0 Å². The molecule has 1 aliphatic rings. The number of benzene rings is 4. The Morgan fingerprint density at radius 2 is 0.545 bits per heavy atom. The van der Waals surface area contributed by atoms with E-state index in [4.69, 9.17) is 37.9 Å². The highest BCUT2D eigenvalue weighted by atomic mass is 16.6. The summed E-state index contributed by atoms with van der Waals surface area (Å²) in [5.41, 5.74) is 11.9. The Balaban J connectivity index is 1.76. The van der Waals surface area contributed by atoms with Crippen molar-refractivity contribution in [2.75, 3.05) is 52.9 Å². The van der Waals surface area contributed by atoms with E-state index in [1.165, 1.54) is 0 Å². The van der Waals surface area contributed by atoms with E-state index in [9.17, 15) is 19.2 Å². The van der Waals surface area contributed by atoms with E-state index in [0.717, 1.165) is 77.9 Å². The molecule has 12 heteroatoms. The quantitative estimate of drug-likeness (QED) is 0.0602. The van der Waals surface area contributed by atoms with Crippen molar-refractivity contribution in [3.05, 3.63) is 140 Å².